The van der Waals surface area contributed by atoms with Crippen molar-refractivity contribution in [3.8, 4) is 0 Å². The Labute approximate surface area is 78.7 Å². The maximum atomic E-state index is 10.8. The van der Waals surface area contributed by atoms with Crippen molar-refractivity contribution in [2.75, 3.05) is 0 Å². The highest BCUT2D eigenvalue weighted by atomic mass is 32.1. The number of thiazole rings is 1. The summed E-state index contributed by atoms with van der Waals surface area (Å²) < 4.78 is 0. The third-order valence-electron chi connectivity index (χ3n) is 1.73. The molecule has 5 nitrogen and oxygen atoms in total. The average molecular weight is 196 g/mol. The maximum Gasteiger partial charge on any atom is 0.343 e. The lowest BCUT2D eigenvalue weighted by Gasteiger charge is -2.05. The number of carbonyl (C=O) groups is 1. The molecule has 1 unspecified atom stereocenters. The van der Waals surface area contributed by atoms with Crippen LogP contribution in [0.4, 0.5) is 4.79 Å². The van der Waals surface area contributed by atoms with Crippen LogP contribution in [0, 0.1) is 6.92 Å². The first-order valence-corrected chi connectivity index (χ1v) is 4.61. The summed E-state index contributed by atoms with van der Waals surface area (Å²) in [7, 11) is 0. The van der Waals surface area contributed by atoms with Crippen molar-refractivity contribution in [1.82, 2.24) is 10.3 Å². The third kappa shape index (κ3) is 1.40. The second-order valence-corrected chi connectivity index (χ2v) is 3.77. The molecule has 0 aromatic carbocycles. The van der Waals surface area contributed by atoms with E-state index < -0.39 is 6.03 Å². The van der Waals surface area contributed by atoms with Gasteiger partial charge in [-0.25, -0.2) is 9.78 Å². The predicted octanol–water partition coefficient (Wildman–Crippen LogP) is 0.573. The Bertz CT molecular complexity index is 384. The van der Waals surface area contributed by atoms with Crippen molar-refractivity contribution < 1.29 is 4.79 Å². The number of rotatable bonds is 1. The largest absolute Gasteiger partial charge is 0.385 e. The molecule has 0 spiro atoms. The zero-order chi connectivity index (χ0) is 9.42. The number of nitrogens with two attached hydrogens (primary N) is 1. The molecular weight excluding hydrogens is 188 g/mol. The Morgan fingerprint density at radius 3 is 2.92 bits per heavy atom. The standard InChI is InChI=1S/C7H8N4OS/c1-3-9-4(2-13-3)5-6(8)11-7(12)10-5/h2,5H,1H3,(H3,8,10,11,12). The number of urea groups is 1. The van der Waals surface area contributed by atoms with Crippen LogP contribution < -0.4 is 11.1 Å². The number of nitrogens with one attached hydrogen (secondary N) is 1. The second kappa shape index (κ2) is 2.81. The van der Waals surface area contributed by atoms with Gasteiger partial charge in [-0.1, -0.05) is 0 Å². The molecule has 0 bridgehead atoms. The first kappa shape index (κ1) is 8.18. The van der Waals surface area contributed by atoms with Gasteiger partial charge in [0.15, 0.2) is 0 Å². The Balaban J connectivity index is 2.29. The van der Waals surface area contributed by atoms with Crippen molar-refractivity contribution in [3.05, 3.63) is 16.1 Å². The van der Waals surface area contributed by atoms with Gasteiger partial charge in [0.2, 0.25) is 0 Å². The van der Waals surface area contributed by atoms with Gasteiger partial charge >= 0.3 is 6.03 Å². The van der Waals surface area contributed by atoms with Gasteiger partial charge in [0.1, 0.15) is 11.9 Å². The average Bonchev–Trinajstić information content (AvgIpc) is 2.58. The fraction of sp³-hybridized carbons (Fsp3) is 0.286. The monoisotopic (exact) mass is 196 g/mol. The van der Waals surface area contributed by atoms with E-state index in [0.29, 0.717) is 0 Å². The maximum absolute atomic E-state index is 10.8. The van der Waals surface area contributed by atoms with Crippen LogP contribution in [-0.2, 0) is 0 Å². The number of nitrogens with zero attached hydrogens (tertiary/aromatic N) is 2. The topological polar surface area (TPSA) is 80.4 Å². The van der Waals surface area contributed by atoms with E-state index in [4.69, 9.17) is 5.73 Å². The second-order valence-electron chi connectivity index (χ2n) is 2.71. The first-order valence-electron chi connectivity index (χ1n) is 3.73. The van der Waals surface area contributed by atoms with E-state index >= 15 is 0 Å². The minimum absolute atomic E-state index is 0.287. The van der Waals surface area contributed by atoms with Crippen molar-refractivity contribution in [1.29, 1.82) is 0 Å². The van der Waals surface area contributed by atoms with E-state index in [1.54, 1.807) is 0 Å². The van der Waals surface area contributed by atoms with E-state index in [1.165, 1.54) is 11.3 Å². The lowest BCUT2D eigenvalue weighted by atomic mass is 10.2. The summed E-state index contributed by atoms with van der Waals surface area (Å²) in [5.41, 5.74) is 6.30. The summed E-state index contributed by atoms with van der Waals surface area (Å²) in [5, 5.41) is 5.43. The normalized spacial score (nSPS) is 21.5. The lowest BCUT2D eigenvalue weighted by Crippen LogP contribution is -2.28. The van der Waals surface area contributed by atoms with E-state index in [1.807, 2.05) is 12.3 Å². The molecule has 13 heavy (non-hydrogen) atoms. The molecular formula is C7H8N4OS. The molecule has 1 aliphatic heterocycles. The minimum Gasteiger partial charge on any atom is -0.385 e. The Hall–Kier alpha value is -1.43. The smallest absolute Gasteiger partial charge is 0.343 e. The van der Waals surface area contributed by atoms with Gasteiger partial charge in [0.05, 0.1) is 10.7 Å². The highest BCUT2D eigenvalue weighted by Crippen LogP contribution is 2.19. The zero-order valence-electron chi connectivity index (χ0n) is 6.94. The fourth-order valence-corrected chi connectivity index (χ4v) is 1.79. The fourth-order valence-electron chi connectivity index (χ4n) is 1.15. The SMILES string of the molecule is Cc1nc(C2NC(=O)N=C2N)cs1. The Morgan fingerprint density at radius 2 is 2.46 bits per heavy atom. The number of aliphatic imine (C=N–C) groups is 1. The van der Waals surface area contributed by atoms with Crippen LogP contribution >= 0.6 is 11.3 Å². The molecule has 3 N–H and O–H groups in total. The van der Waals surface area contributed by atoms with Gasteiger partial charge in [-0.2, -0.15) is 4.99 Å². The molecule has 68 valence electrons. The number of amidine groups is 1. The number of carbonyl (C=O) groups excluding carboxylic acids is 1. The van der Waals surface area contributed by atoms with Gasteiger partial charge in [0, 0.05) is 5.38 Å². The van der Waals surface area contributed by atoms with Crippen molar-refractivity contribution in [2.24, 2.45) is 10.7 Å². The molecule has 0 aliphatic carbocycles. The molecule has 2 amide bonds. The van der Waals surface area contributed by atoms with Crippen molar-refractivity contribution in [3.63, 3.8) is 0 Å². The molecule has 0 saturated carbocycles. The van der Waals surface area contributed by atoms with Gasteiger partial charge in [-0.3, -0.25) is 0 Å². The molecule has 2 rings (SSSR count). The summed E-state index contributed by atoms with van der Waals surface area (Å²) in [6.07, 6.45) is 0. The van der Waals surface area contributed by atoms with Gasteiger partial charge in [-0.15, -0.1) is 11.3 Å². The van der Waals surface area contributed by atoms with Gasteiger partial charge in [0.25, 0.3) is 0 Å². The number of aromatic nitrogens is 1. The van der Waals surface area contributed by atoms with Crippen LogP contribution in [0.15, 0.2) is 10.4 Å². The van der Waals surface area contributed by atoms with Crippen molar-refractivity contribution >= 4 is 23.2 Å². The molecule has 1 aliphatic rings. The van der Waals surface area contributed by atoms with Crippen LogP contribution in [0.1, 0.15) is 16.7 Å². The molecule has 0 fully saturated rings. The zero-order valence-corrected chi connectivity index (χ0v) is 7.76. The van der Waals surface area contributed by atoms with Crippen LogP contribution in [0.25, 0.3) is 0 Å². The number of hydrogen-bond acceptors (Lipinski definition) is 4. The third-order valence-corrected chi connectivity index (χ3v) is 2.52. The van der Waals surface area contributed by atoms with Crippen LogP contribution in [0.5, 0.6) is 0 Å². The summed E-state index contributed by atoms with van der Waals surface area (Å²) in [4.78, 5) is 18.6. The van der Waals surface area contributed by atoms with E-state index in [2.05, 4.69) is 15.3 Å². The highest BCUT2D eigenvalue weighted by Gasteiger charge is 2.26. The lowest BCUT2D eigenvalue weighted by molar-refractivity contribution is 0.250. The number of amides is 2. The van der Waals surface area contributed by atoms with E-state index in [-0.39, 0.29) is 11.9 Å². The number of aryl methyl sites for hydroxylation is 1. The quantitative estimate of drug-likeness (QED) is 0.689. The summed E-state index contributed by atoms with van der Waals surface area (Å²) in [6.45, 7) is 1.90. The highest BCUT2D eigenvalue weighted by molar-refractivity contribution is 7.09. The summed E-state index contributed by atoms with van der Waals surface area (Å²) in [6, 6.07) is -0.731. The van der Waals surface area contributed by atoms with E-state index in [0.717, 1.165) is 10.7 Å². The minimum atomic E-state index is -0.395. The van der Waals surface area contributed by atoms with E-state index in [9.17, 15) is 4.79 Å². The molecule has 0 radical (unpaired) electrons. The van der Waals surface area contributed by atoms with Crippen LogP contribution in [0.2, 0.25) is 0 Å². The molecule has 1 aromatic heterocycles. The molecule has 6 heteroatoms. The van der Waals surface area contributed by atoms with Gasteiger partial charge in [-0.05, 0) is 6.92 Å². The van der Waals surface area contributed by atoms with Gasteiger partial charge < -0.3 is 11.1 Å². The predicted molar refractivity (Wildman–Crippen MR) is 49.7 cm³/mol. The Kier molecular flexibility index (Phi) is 1.77. The van der Waals surface area contributed by atoms with Crippen LogP contribution in [-0.4, -0.2) is 16.9 Å². The molecule has 2 heterocycles. The molecule has 0 saturated heterocycles. The summed E-state index contributed by atoms with van der Waals surface area (Å²) >= 11 is 1.52. The Morgan fingerprint density at radius 1 is 1.69 bits per heavy atom. The molecule has 1 aromatic rings. The molecule has 1 atom stereocenters. The summed E-state index contributed by atoms with van der Waals surface area (Å²) in [5.74, 6) is 0.287. The first-order chi connectivity index (χ1) is 6.16. The van der Waals surface area contributed by atoms with Crippen molar-refractivity contribution in [2.45, 2.75) is 13.0 Å². The van der Waals surface area contributed by atoms with Crippen LogP contribution in [0.3, 0.4) is 0 Å². The number of hydrogen-bond donors (Lipinski definition) is 2.